The molecule has 2 aliphatic rings. The largest absolute Gasteiger partial charge is 0.414 e. The van der Waals surface area contributed by atoms with E-state index in [1.807, 2.05) is 0 Å². The highest BCUT2D eigenvalue weighted by Gasteiger charge is 2.55. The molecule has 0 aromatic heterocycles. The molecule has 6 heteroatoms. The summed E-state index contributed by atoms with van der Waals surface area (Å²) in [4.78, 5) is 0. The molecule has 0 spiro atoms. The van der Waals surface area contributed by atoms with Crippen molar-refractivity contribution in [2.45, 2.75) is 200 Å². The van der Waals surface area contributed by atoms with Crippen LogP contribution in [-0.4, -0.2) is 50.3 Å². The van der Waals surface area contributed by atoms with Gasteiger partial charge in [-0.1, -0.05) is 67.7 Å². The molecule has 0 radical (unpaired) electrons. The SMILES string of the molecule is CC[Si](CC)(CC)OC(C)(C)CCC[C@@H](CCC(O)C(C)(C)O)C1CCC2[C@@H](O[Si](C)(C)C(C)(C)C)CCC[C@]12C. The summed E-state index contributed by atoms with van der Waals surface area (Å²) in [7, 11) is -3.48. The zero-order valence-electron chi connectivity index (χ0n) is 29.8. The van der Waals surface area contributed by atoms with E-state index in [9.17, 15) is 10.2 Å². The molecular weight excluding hydrogens is 541 g/mol. The van der Waals surface area contributed by atoms with Gasteiger partial charge in [0.15, 0.2) is 16.6 Å². The topological polar surface area (TPSA) is 58.9 Å². The molecule has 0 aromatic rings. The Kier molecular flexibility index (Phi) is 12.9. The lowest BCUT2D eigenvalue weighted by molar-refractivity contribution is -0.0592. The fourth-order valence-electron chi connectivity index (χ4n) is 8.30. The second-order valence-electron chi connectivity index (χ2n) is 17.1. The number of rotatable bonds is 16. The number of hydrogen-bond donors (Lipinski definition) is 2. The summed E-state index contributed by atoms with van der Waals surface area (Å²) in [5.41, 5.74) is -0.833. The first-order valence-corrected chi connectivity index (χ1v) is 22.9. The van der Waals surface area contributed by atoms with Crippen LogP contribution in [0.25, 0.3) is 0 Å². The Morgan fingerprint density at radius 1 is 0.878 bits per heavy atom. The number of aliphatic hydroxyl groups is 2. The molecule has 4 nitrogen and oxygen atoms in total. The number of fused-ring (bicyclic) bond motifs is 1. The van der Waals surface area contributed by atoms with Crippen molar-refractivity contribution in [1.29, 1.82) is 0 Å². The second-order valence-corrected chi connectivity index (χ2v) is 26.6. The Bertz CT molecular complexity index is 787. The Morgan fingerprint density at radius 2 is 1.46 bits per heavy atom. The van der Waals surface area contributed by atoms with Crippen molar-refractivity contribution in [3.8, 4) is 0 Å². The van der Waals surface area contributed by atoms with E-state index in [0.717, 1.165) is 12.8 Å². The van der Waals surface area contributed by atoms with Crippen LogP contribution in [0, 0.1) is 23.2 Å². The van der Waals surface area contributed by atoms with E-state index in [1.54, 1.807) is 13.8 Å². The summed E-state index contributed by atoms with van der Waals surface area (Å²) in [6, 6.07) is 3.59. The zero-order valence-corrected chi connectivity index (χ0v) is 31.8. The normalized spacial score (nSPS) is 28.0. The van der Waals surface area contributed by atoms with Gasteiger partial charge >= 0.3 is 0 Å². The number of aliphatic hydroxyl groups excluding tert-OH is 1. The number of hydrogen-bond acceptors (Lipinski definition) is 4. The van der Waals surface area contributed by atoms with Crippen molar-refractivity contribution < 1.29 is 19.1 Å². The van der Waals surface area contributed by atoms with Crippen LogP contribution in [0.1, 0.15) is 140 Å². The van der Waals surface area contributed by atoms with Gasteiger partial charge in [-0.2, -0.15) is 0 Å². The Hall–Kier alpha value is 0.274. The second kappa shape index (κ2) is 14.1. The highest BCUT2D eigenvalue weighted by Crippen LogP contribution is 2.60. The third-order valence-electron chi connectivity index (χ3n) is 12.4. The molecule has 0 bridgehead atoms. The molecule has 2 saturated carbocycles. The van der Waals surface area contributed by atoms with Gasteiger partial charge < -0.3 is 19.1 Å². The molecule has 0 aliphatic heterocycles. The molecule has 0 heterocycles. The molecule has 0 saturated heterocycles. The van der Waals surface area contributed by atoms with Gasteiger partial charge in [-0.15, -0.1) is 0 Å². The molecule has 0 amide bonds. The minimum absolute atomic E-state index is 0.0829. The first-order chi connectivity index (χ1) is 18.7. The summed E-state index contributed by atoms with van der Waals surface area (Å²) in [5, 5.41) is 21.5. The van der Waals surface area contributed by atoms with Crippen molar-refractivity contribution in [3.05, 3.63) is 0 Å². The van der Waals surface area contributed by atoms with E-state index in [4.69, 9.17) is 8.85 Å². The summed E-state index contributed by atoms with van der Waals surface area (Å²) in [6.07, 6.45) is 11.2. The summed E-state index contributed by atoms with van der Waals surface area (Å²) < 4.78 is 14.1. The highest BCUT2D eigenvalue weighted by atomic mass is 28.4. The first-order valence-electron chi connectivity index (χ1n) is 17.5. The van der Waals surface area contributed by atoms with Crippen molar-refractivity contribution in [1.82, 2.24) is 0 Å². The van der Waals surface area contributed by atoms with Gasteiger partial charge in [-0.3, -0.25) is 0 Å². The van der Waals surface area contributed by atoms with Crippen LogP contribution in [0.3, 0.4) is 0 Å². The van der Waals surface area contributed by atoms with Crippen LogP contribution in [0.4, 0.5) is 0 Å². The predicted molar refractivity (Wildman–Crippen MR) is 181 cm³/mol. The maximum absolute atomic E-state index is 10.8. The molecule has 2 N–H and O–H groups in total. The molecule has 3 unspecified atom stereocenters. The molecule has 2 aliphatic carbocycles. The minimum atomic E-state index is -1.83. The predicted octanol–water partition coefficient (Wildman–Crippen LogP) is 10.1. The Labute approximate surface area is 258 Å². The molecule has 2 rings (SSSR count). The summed E-state index contributed by atoms with van der Waals surface area (Å²) >= 11 is 0. The van der Waals surface area contributed by atoms with Crippen molar-refractivity contribution in [3.63, 3.8) is 0 Å². The highest BCUT2D eigenvalue weighted by molar-refractivity contribution is 6.74. The summed E-state index contributed by atoms with van der Waals surface area (Å²) in [6.45, 7) is 29.6. The standard InChI is InChI=1S/C35H72O4Si2/c1-14-41(15-2,16-3)39-33(7,8)25-17-19-27(21-24-31(36)34(9,10)37)28-22-23-29-30(20-18-26-35(28,29)11)38-40(12,13)32(4,5)6/h27-31,36-37H,14-26H2,1-13H3/t27-,28?,29?,30-,31?,35+/m0/s1. The lowest BCUT2D eigenvalue weighted by atomic mass is 9.60. The first kappa shape index (κ1) is 37.5. The lowest BCUT2D eigenvalue weighted by Crippen LogP contribution is -2.50. The van der Waals surface area contributed by atoms with Gasteiger partial charge in [-0.05, 0) is 132 Å². The van der Waals surface area contributed by atoms with Gasteiger partial charge in [0.2, 0.25) is 0 Å². The van der Waals surface area contributed by atoms with E-state index < -0.39 is 28.3 Å². The fourth-order valence-corrected chi connectivity index (χ4v) is 12.9. The average Bonchev–Trinajstić information content (AvgIpc) is 3.20. The van der Waals surface area contributed by atoms with E-state index in [2.05, 4.69) is 75.4 Å². The quantitative estimate of drug-likeness (QED) is 0.170. The van der Waals surface area contributed by atoms with Gasteiger partial charge in [-0.25, -0.2) is 0 Å². The smallest absolute Gasteiger partial charge is 0.192 e. The lowest BCUT2D eigenvalue weighted by Gasteiger charge is -2.50. The van der Waals surface area contributed by atoms with Gasteiger partial charge in [0.25, 0.3) is 0 Å². The molecular formula is C35H72O4Si2. The molecule has 6 atom stereocenters. The Morgan fingerprint density at radius 3 is 1.98 bits per heavy atom. The van der Waals surface area contributed by atoms with Crippen LogP contribution in [0.5, 0.6) is 0 Å². The van der Waals surface area contributed by atoms with Crippen LogP contribution in [0.2, 0.25) is 36.3 Å². The maximum Gasteiger partial charge on any atom is 0.192 e. The van der Waals surface area contributed by atoms with E-state index in [0.29, 0.717) is 35.7 Å². The van der Waals surface area contributed by atoms with E-state index >= 15 is 0 Å². The Balaban J connectivity index is 2.22. The van der Waals surface area contributed by atoms with Crippen LogP contribution in [-0.2, 0) is 8.85 Å². The van der Waals surface area contributed by atoms with E-state index in [1.165, 1.54) is 63.1 Å². The molecule has 244 valence electrons. The zero-order chi connectivity index (χ0) is 31.5. The van der Waals surface area contributed by atoms with Crippen LogP contribution >= 0.6 is 0 Å². The monoisotopic (exact) mass is 612 g/mol. The van der Waals surface area contributed by atoms with Crippen molar-refractivity contribution in [2.24, 2.45) is 23.2 Å². The molecule has 41 heavy (non-hydrogen) atoms. The van der Waals surface area contributed by atoms with Crippen LogP contribution < -0.4 is 0 Å². The average molecular weight is 613 g/mol. The third kappa shape index (κ3) is 9.39. The van der Waals surface area contributed by atoms with Crippen LogP contribution in [0.15, 0.2) is 0 Å². The summed E-state index contributed by atoms with van der Waals surface area (Å²) in [5.74, 6) is 1.86. The fraction of sp³-hybridized carbons (Fsp3) is 1.00. The maximum atomic E-state index is 10.8. The van der Waals surface area contributed by atoms with Crippen molar-refractivity contribution in [2.75, 3.05) is 0 Å². The molecule has 2 fully saturated rings. The van der Waals surface area contributed by atoms with Gasteiger partial charge in [0, 0.05) is 6.10 Å². The molecule has 0 aromatic carbocycles. The van der Waals surface area contributed by atoms with Crippen molar-refractivity contribution >= 4 is 16.6 Å². The van der Waals surface area contributed by atoms with Gasteiger partial charge in [0.1, 0.15) is 0 Å². The minimum Gasteiger partial charge on any atom is -0.414 e. The van der Waals surface area contributed by atoms with Gasteiger partial charge in [0.05, 0.1) is 17.3 Å². The third-order valence-corrected chi connectivity index (χ3v) is 21.7. The van der Waals surface area contributed by atoms with E-state index in [-0.39, 0.29) is 10.6 Å².